The molecule has 0 saturated heterocycles. The number of sulfone groups is 1. The van der Waals surface area contributed by atoms with Crippen LogP contribution in [-0.4, -0.2) is 21.6 Å². The summed E-state index contributed by atoms with van der Waals surface area (Å²) in [6.45, 7) is 1.52. The van der Waals surface area contributed by atoms with Crippen LogP contribution < -0.4 is 10.5 Å². The van der Waals surface area contributed by atoms with Crippen molar-refractivity contribution in [1.82, 2.24) is 0 Å². The molecule has 24 heavy (non-hydrogen) atoms. The molecule has 0 radical (unpaired) electrons. The van der Waals surface area contributed by atoms with Crippen LogP contribution in [0.4, 0.5) is 4.39 Å². The Hall–Kier alpha value is -2.18. The summed E-state index contributed by atoms with van der Waals surface area (Å²) < 4.78 is 43.8. The molecule has 2 rings (SSSR count). The minimum absolute atomic E-state index is 0.101. The molecule has 0 aliphatic heterocycles. The Balaban J connectivity index is 2.13. The van der Waals surface area contributed by atoms with Gasteiger partial charge in [-0.1, -0.05) is 30.3 Å². The standard InChI is InChI=1S/C18H20FNO3S/c1-14(15-5-3-2-4-6-15)24(21,22)18-9-7-17(8-10-18)23-13-16(19)11-12-20/h2-11,14H,12-13,20H2,1H3/b16-11-. The van der Waals surface area contributed by atoms with Crippen molar-refractivity contribution in [3.63, 3.8) is 0 Å². The number of ether oxygens (including phenoxy) is 1. The number of benzene rings is 2. The molecule has 0 fully saturated rings. The van der Waals surface area contributed by atoms with E-state index in [1.54, 1.807) is 19.1 Å². The van der Waals surface area contributed by atoms with Crippen LogP contribution in [0.5, 0.6) is 5.75 Å². The molecule has 0 aliphatic carbocycles. The average molecular weight is 349 g/mol. The number of rotatable bonds is 7. The summed E-state index contributed by atoms with van der Waals surface area (Å²) in [6.07, 6.45) is 1.22. The van der Waals surface area contributed by atoms with Crippen LogP contribution >= 0.6 is 0 Å². The predicted octanol–water partition coefficient (Wildman–Crippen LogP) is 3.41. The van der Waals surface area contributed by atoms with Crippen molar-refractivity contribution in [1.29, 1.82) is 0 Å². The molecule has 2 aromatic carbocycles. The van der Waals surface area contributed by atoms with Gasteiger partial charge in [0.2, 0.25) is 0 Å². The second-order valence-electron chi connectivity index (χ2n) is 5.24. The zero-order valence-corrected chi connectivity index (χ0v) is 14.2. The Morgan fingerprint density at radius 2 is 1.79 bits per heavy atom. The average Bonchev–Trinajstić information content (AvgIpc) is 2.60. The number of nitrogens with two attached hydrogens (primary N) is 1. The molecule has 2 aromatic rings. The van der Waals surface area contributed by atoms with Gasteiger partial charge in [0.15, 0.2) is 9.84 Å². The lowest BCUT2D eigenvalue weighted by Crippen LogP contribution is -2.10. The van der Waals surface area contributed by atoms with Crippen molar-refractivity contribution >= 4 is 9.84 Å². The fourth-order valence-electron chi connectivity index (χ4n) is 2.17. The topological polar surface area (TPSA) is 69.4 Å². The first-order valence-corrected chi connectivity index (χ1v) is 9.06. The number of hydrogen-bond donors (Lipinski definition) is 1. The lowest BCUT2D eigenvalue weighted by atomic mass is 10.2. The van der Waals surface area contributed by atoms with E-state index >= 15 is 0 Å². The summed E-state index contributed by atoms with van der Waals surface area (Å²) >= 11 is 0. The zero-order chi connectivity index (χ0) is 17.6. The Morgan fingerprint density at radius 1 is 1.17 bits per heavy atom. The quantitative estimate of drug-likeness (QED) is 0.832. The first-order valence-electron chi connectivity index (χ1n) is 7.51. The van der Waals surface area contributed by atoms with Gasteiger partial charge >= 0.3 is 0 Å². The van der Waals surface area contributed by atoms with Crippen LogP contribution in [0.3, 0.4) is 0 Å². The molecule has 0 bridgehead atoms. The molecule has 1 atom stereocenters. The van der Waals surface area contributed by atoms with Crippen LogP contribution in [0.1, 0.15) is 17.7 Å². The molecule has 0 saturated carbocycles. The van der Waals surface area contributed by atoms with E-state index in [0.717, 1.165) is 5.56 Å². The third kappa shape index (κ3) is 4.43. The Kier molecular flexibility index (Phi) is 6.11. The van der Waals surface area contributed by atoms with Crippen molar-refractivity contribution in [3.8, 4) is 5.75 Å². The Bertz CT molecular complexity index is 787. The molecular weight excluding hydrogens is 329 g/mol. The van der Waals surface area contributed by atoms with Crippen LogP contribution in [0.25, 0.3) is 0 Å². The van der Waals surface area contributed by atoms with E-state index < -0.39 is 20.9 Å². The summed E-state index contributed by atoms with van der Waals surface area (Å²) in [6, 6.07) is 15.0. The van der Waals surface area contributed by atoms with Crippen LogP contribution in [0, 0.1) is 0 Å². The van der Waals surface area contributed by atoms with Gasteiger partial charge in [0.1, 0.15) is 18.2 Å². The molecular formula is C18H20FNO3S. The minimum atomic E-state index is -3.51. The van der Waals surface area contributed by atoms with Gasteiger partial charge in [-0.05, 0) is 42.8 Å². The highest BCUT2D eigenvalue weighted by atomic mass is 32.2. The van der Waals surface area contributed by atoms with Gasteiger partial charge in [0.05, 0.1) is 10.1 Å². The fourth-order valence-corrected chi connectivity index (χ4v) is 3.61. The highest BCUT2D eigenvalue weighted by Crippen LogP contribution is 2.29. The predicted molar refractivity (Wildman–Crippen MR) is 92.2 cm³/mol. The first-order chi connectivity index (χ1) is 11.4. The van der Waals surface area contributed by atoms with Crippen molar-refractivity contribution in [2.24, 2.45) is 5.73 Å². The molecule has 2 N–H and O–H groups in total. The van der Waals surface area contributed by atoms with Gasteiger partial charge in [-0.2, -0.15) is 0 Å². The van der Waals surface area contributed by atoms with Crippen LogP contribution in [0.2, 0.25) is 0 Å². The highest BCUT2D eigenvalue weighted by molar-refractivity contribution is 7.91. The maximum Gasteiger partial charge on any atom is 0.185 e. The fraction of sp³-hybridized carbons (Fsp3) is 0.222. The molecule has 0 heterocycles. The second kappa shape index (κ2) is 8.08. The van der Waals surface area contributed by atoms with Crippen molar-refractivity contribution in [2.75, 3.05) is 13.2 Å². The highest BCUT2D eigenvalue weighted by Gasteiger charge is 2.24. The number of hydrogen-bond acceptors (Lipinski definition) is 4. The van der Waals surface area contributed by atoms with E-state index in [4.69, 9.17) is 10.5 Å². The summed E-state index contributed by atoms with van der Waals surface area (Å²) in [5, 5.41) is -0.657. The van der Waals surface area contributed by atoms with E-state index in [-0.39, 0.29) is 18.0 Å². The SMILES string of the molecule is CC(c1ccccc1)S(=O)(=O)c1ccc(OC/C(F)=C/CN)cc1. The largest absolute Gasteiger partial charge is 0.487 e. The minimum Gasteiger partial charge on any atom is -0.487 e. The smallest absolute Gasteiger partial charge is 0.185 e. The van der Waals surface area contributed by atoms with Crippen LogP contribution in [0.15, 0.2) is 71.4 Å². The van der Waals surface area contributed by atoms with E-state index in [9.17, 15) is 12.8 Å². The zero-order valence-electron chi connectivity index (χ0n) is 13.4. The van der Waals surface area contributed by atoms with Crippen molar-refractivity contribution < 1.29 is 17.5 Å². The summed E-state index contributed by atoms with van der Waals surface area (Å²) in [5.41, 5.74) is 5.93. The summed E-state index contributed by atoms with van der Waals surface area (Å²) in [7, 11) is -3.51. The van der Waals surface area contributed by atoms with Crippen molar-refractivity contribution in [2.45, 2.75) is 17.1 Å². The lowest BCUT2D eigenvalue weighted by Gasteiger charge is -2.14. The summed E-state index contributed by atoms with van der Waals surface area (Å²) in [5.74, 6) is -0.0752. The van der Waals surface area contributed by atoms with Gasteiger partial charge in [-0.15, -0.1) is 0 Å². The number of halogens is 1. The van der Waals surface area contributed by atoms with E-state index in [0.29, 0.717) is 5.75 Å². The molecule has 0 aromatic heterocycles. The Morgan fingerprint density at radius 3 is 2.38 bits per heavy atom. The van der Waals surface area contributed by atoms with E-state index in [1.165, 1.54) is 30.3 Å². The van der Waals surface area contributed by atoms with Crippen molar-refractivity contribution in [3.05, 3.63) is 72.1 Å². The maximum absolute atomic E-state index is 13.2. The van der Waals surface area contributed by atoms with Crippen LogP contribution in [-0.2, 0) is 9.84 Å². The first kappa shape index (κ1) is 18.2. The van der Waals surface area contributed by atoms with Gasteiger partial charge in [-0.25, -0.2) is 12.8 Å². The van der Waals surface area contributed by atoms with Gasteiger partial charge in [-0.3, -0.25) is 0 Å². The molecule has 128 valence electrons. The molecule has 0 aliphatic rings. The Labute approximate surface area is 141 Å². The lowest BCUT2D eigenvalue weighted by molar-refractivity contribution is 0.318. The van der Waals surface area contributed by atoms with E-state index in [2.05, 4.69) is 0 Å². The molecule has 0 amide bonds. The van der Waals surface area contributed by atoms with E-state index in [1.807, 2.05) is 18.2 Å². The van der Waals surface area contributed by atoms with Gasteiger partial charge in [0.25, 0.3) is 0 Å². The molecule has 1 unspecified atom stereocenters. The van der Waals surface area contributed by atoms with Gasteiger partial charge < -0.3 is 10.5 Å². The molecule has 4 nitrogen and oxygen atoms in total. The monoisotopic (exact) mass is 349 g/mol. The third-order valence-corrected chi connectivity index (χ3v) is 5.74. The normalized spacial score (nSPS) is 13.5. The maximum atomic E-state index is 13.2. The molecule has 0 spiro atoms. The second-order valence-corrected chi connectivity index (χ2v) is 7.51. The molecule has 6 heteroatoms. The van der Waals surface area contributed by atoms with Gasteiger partial charge in [0, 0.05) is 6.54 Å². The summed E-state index contributed by atoms with van der Waals surface area (Å²) in [4.78, 5) is 0.198. The third-order valence-electron chi connectivity index (χ3n) is 3.60.